The maximum atomic E-state index is 10.3. The number of carbonyl (C=O) groups is 1. The van der Waals surface area contributed by atoms with Crippen LogP contribution in [0.3, 0.4) is 0 Å². The molecule has 0 amide bonds. The van der Waals surface area contributed by atoms with Crippen LogP contribution < -0.4 is 0 Å². The molecule has 0 bridgehead atoms. The van der Waals surface area contributed by atoms with Crippen LogP contribution >= 0.6 is 11.8 Å². The topological polar surface area (TPSA) is 37.3 Å². The first-order valence-electron chi connectivity index (χ1n) is 3.13. The molecule has 0 aliphatic carbocycles. The molecule has 0 radical (unpaired) electrons. The van der Waals surface area contributed by atoms with E-state index in [1.54, 1.807) is 11.8 Å². The van der Waals surface area contributed by atoms with Gasteiger partial charge < -0.3 is 5.11 Å². The summed E-state index contributed by atoms with van der Waals surface area (Å²) in [7, 11) is 0. The smallest absolute Gasteiger partial charge is 0.332 e. The van der Waals surface area contributed by atoms with Gasteiger partial charge in [0.05, 0.1) is 0 Å². The number of carboxylic acids is 1. The zero-order valence-corrected chi connectivity index (χ0v) is 7.07. The van der Waals surface area contributed by atoms with E-state index in [1.807, 2.05) is 13.8 Å². The number of carboxylic acid groups (broad SMARTS) is 1. The van der Waals surface area contributed by atoms with E-state index < -0.39 is 5.97 Å². The van der Waals surface area contributed by atoms with E-state index in [2.05, 4.69) is 6.58 Å². The Labute approximate surface area is 65.3 Å². The van der Waals surface area contributed by atoms with Gasteiger partial charge in [0, 0.05) is 10.8 Å². The van der Waals surface area contributed by atoms with Crippen molar-refractivity contribution in [2.45, 2.75) is 19.1 Å². The summed E-state index contributed by atoms with van der Waals surface area (Å²) in [6.45, 7) is 7.30. The largest absolute Gasteiger partial charge is 0.478 e. The average molecular weight is 160 g/mol. The zero-order chi connectivity index (χ0) is 8.15. The predicted octanol–water partition coefficient (Wildman–Crippen LogP) is 1.77. The van der Waals surface area contributed by atoms with Crippen LogP contribution in [-0.4, -0.2) is 22.1 Å². The molecule has 3 heteroatoms. The molecule has 0 aromatic carbocycles. The normalized spacial score (nSPS) is 12.6. The fourth-order valence-corrected chi connectivity index (χ4v) is 1.33. The number of rotatable bonds is 4. The lowest BCUT2D eigenvalue weighted by atomic mass is 10.2. The van der Waals surface area contributed by atoms with Crippen molar-refractivity contribution in [1.82, 2.24) is 0 Å². The molecule has 58 valence electrons. The fraction of sp³-hybridized carbons (Fsp3) is 0.571. The molecule has 0 fully saturated rings. The molecule has 1 unspecified atom stereocenters. The minimum Gasteiger partial charge on any atom is -0.478 e. The number of hydrogen-bond acceptors (Lipinski definition) is 2. The van der Waals surface area contributed by atoms with Crippen LogP contribution in [0, 0.1) is 0 Å². The molecule has 1 N–H and O–H groups in total. The molecule has 0 aromatic rings. The van der Waals surface area contributed by atoms with Crippen LogP contribution in [-0.2, 0) is 4.79 Å². The van der Waals surface area contributed by atoms with Gasteiger partial charge in [-0.25, -0.2) is 4.79 Å². The van der Waals surface area contributed by atoms with Crippen LogP contribution in [0.1, 0.15) is 13.8 Å². The van der Waals surface area contributed by atoms with Gasteiger partial charge in [0.1, 0.15) is 0 Å². The highest BCUT2D eigenvalue weighted by Crippen LogP contribution is 2.16. The molecule has 0 spiro atoms. The highest BCUT2D eigenvalue weighted by Gasteiger charge is 2.11. The van der Waals surface area contributed by atoms with Crippen LogP contribution in [0.25, 0.3) is 0 Å². The molecule has 1 atom stereocenters. The van der Waals surface area contributed by atoms with Gasteiger partial charge >= 0.3 is 5.97 Å². The maximum Gasteiger partial charge on any atom is 0.332 e. The third-order valence-corrected chi connectivity index (χ3v) is 2.30. The van der Waals surface area contributed by atoms with E-state index in [-0.39, 0.29) is 10.8 Å². The lowest BCUT2D eigenvalue weighted by Crippen LogP contribution is -2.10. The van der Waals surface area contributed by atoms with E-state index in [0.29, 0.717) is 0 Å². The van der Waals surface area contributed by atoms with Gasteiger partial charge in [-0.1, -0.05) is 13.5 Å². The Morgan fingerprint density at radius 2 is 2.30 bits per heavy atom. The summed E-state index contributed by atoms with van der Waals surface area (Å²) in [6.07, 6.45) is 0. The van der Waals surface area contributed by atoms with Crippen molar-refractivity contribution in [3.63, 3.8) is 0 Å². The molecular formula is C7H12O2S. The highest BCUT2D eigenvalue weighted by molar-refractivity contribution is 8.00. The van der Waals surface area contributed by atoms with Crippen LogP contribution in [0.15, 0.2) is 12.2 Å². The van der Waals surface area contributed by atoms with Gasteiger partial charge in [-0.3, -0.25) is 0 Å². The summed E-state index contributed by atoms with van der Waals surface area (Å²) in [4.78, 5) is 10.3. The van der Waals surface area contributed by atoms with E-state index in [9.17, 15) is 4.79 Å². The van der Waals surface area contributed by atoms with Crippen molar-refractivity contribution in [2.75, 3.05) is 5.75 Å². The molecule has 0 saturated carbocycles. The standard InChI is InChI=1S/C7H12O2S/c1-4-10-6(3)5(2)7(8)9/h6H,2,4H2,1,3H3,(H,8,9). The molecule has 0 saturated heterocycles. The second-order valence-electron chi connectivity index (χ2n) is 1.93. The summed E-state index contributed by atoms with van der Waals surface area (Å²) in [5.74, 6) is 0.0291. The molecule has 10 heavy (non-hydrogen) atoms. The van der Waals surface area contributed by atoms with Crippen LogP contribution in [0.4, 0.5) is 0 Å². The molecule has 0 rings (SSSR count). The van der Waals surface area contributed by atoms with Crippen molar-refractivity contribution in [2.24, 2.45) is 0 Å². The van der Waals surface area contributed by atoms with Gasteiger partial charge in [-0.2, -0.15) is 11.8 Å². The zero-order valence-electron chi connectivity index (χ0n) is 6.26. The van der Waals surface area contributed by atoms with Gasteiger partial charge in [-0.15, -0.1) is 0 Å². The molecule has 0 heterocycles. The second kappa shape index (κ2) is 4.39. The lowest BCUT2D eigenvalue weighted by molar-refractivity contribution is -0.132. The highest BCUT2D eigenvalue weighted by atomic mass is 32.2. The summed E-state index contributed by atoms with van der Waals surface area (Å²) in [5.41, 5.74) is 0.284. The Hall–Kier alpha value is -0.440. The molecule has 0 aliphatic rings. The molecule has 0 aromatic heterocycles. The Morgan fingerprint density at radius 3 is 2.60 bits per heavy atom. The molecular weight excluding hydrogens is 148 g/mol. The van der Waals surface area contributed by atoms with Gasteiger partial charge in [0.15, 0.2) is 0 Å². The minimum atomic E-state index is -0.895. The quantitative estimate of drug-likeness (QED) is 0.637. The Bertz CT molecular complexity index is 143. The van der Waals surface area contributed by atoms with Gasteiger partial charge in [0.2, 0.25) is 0 Å². The van der Waals surface area contributed by atoms with E-state index in [1.165, 1.54) is 0 Å². The monoisotopic (exact) mass is 160 g/mol. The summed E-state index contributed by atoms with van der Waals surface area (Å²) in [5, 5.41) is 8.50. The third-order valence-electron chi connectivity index (χ3n) is 1.18. The second-order valence-corrected chi connectivity index (χ2v) is 3.55. The first-order chi connectivity index (χ1) is 4.59. The summed E-state index contributed by atoms with van der Waals surface area (Å²) in [6, 6.07) is 0. The first-order valence-corrected chi connectivity index (χ1v) is 4.18. The van der Waals surface area contributed by atoms with Crippen LogP contribution in [0.2, 0.25) is 0 Å². The number of hydrogen-bond donors (Lipinski definition) is 1. The SMILES string of the molecule is C=C(C(=O)O)C(C)SCC. The van der Waals surface area contributed by atoms with Gasteiger partial charge in [-0.05, 0) is 12.7 Å². The Balaban J connectivity index is 3.82. The third kappa shape index (κ3) is 2.92. The average Bonchev–Trinajstić information content (AvgIpc) is 1.87. The van der Waals surface area contributed by atoms with Crippen molar-refractivity contribution < 1.29 is 9.90 Å². The Kier molecular flexibility index (Phi) is 4.19. The summed E-state index contributed by atoms with van der Waals surface area (Å²) < 4.78 is 0. The van der Waals surface area contributed by atoms with E-state index in [4.69, 9.17) is 5.11 Å². The Morgan fingerprint density at radius 1 is 1.80 bits per heavy atom. The van der Waals surface area contributed by atoms with Crippen molar-refractivity contribution in [1.29, 1.82) is 0 Å². The summed E-state index contributed by atoms with van der Waals surface area (Å²) >= 11 is 1.59. The maximum absolute atomic E-state index is 10.3. The van der Waals surface area contributed by atoms with Gasteiger partial charge in [0.25, 0.3) is 0 Å². The minimum absolute atomic E-state index is 0.0301. The van der Waals surface area contributed by atoms with Crippen molar-refractivity contribution >= 4 is 17.7 Å². The number of aliphatic carboxylic acids is 1. The van der Waals surface area contributed by atoms with E-state index >= 15 is 0 Å². The van der Waals surface area contributed by atoms with Crippen molar-refractivity contribution in [3.05, 3.63) is 12.2 Å². The van der Waals surface area contributed by atoms with Crippen molar-refractivity contribution in [3.8, 4) is 0 Å². The molecule has 2 nitrogen and oxygen atoms in total. The first kappa shape index (κ1) is 9.56. The fourth-order valence-electron chi connectivity index (χ4n) is 0.524. The molecule has 0 aliphatic heterocycles. The van der Waals surface area contributed by atoms with E-state index in [0.717, 1.165) is 5.75 Å². The van der Waals surface area contributed by atoms with Crippen LogP contribution in [0.5, 0.6) is 0 Å². The number of thioether (sulfide) groups is 1. The predicted molar refractivity (Wildman–Crippen MR) is 44.4 cm³/mol. The lowest BCUT2D eigenvalue weighted by Gasteiger charge is -2.07.